The van der Waals surface area contributed by atoms with Crippen LogP contribution >= 0.6 is 0 Å². The van der Waals surface area contributed by atoms with Gasteiger partial charge in [0.1, 0.15) is 28.8 Å². The number of pyridine rings is 1. The molecule has 6 rings (SSSR count). The third kappa shape index (κ3) is 7.05. The highest BCUT2D eigenvalue weighted by Crippen LogP contribution is 2.64. The van der Waals surface area contributed by atoms with Crippen molar-refractivity contribution in [3.8, 4) is 23.1 Å². The lowest BCUT2D eigenvalue weighted by atomic mass is 9.46. The molecule has 2 aliphatic carbocycles. The Kier molecular flexibility index (Phi) is 11.1. The summed E-state index contributed by atoms with van der Waals surface area (Å²) >= 11 is 0. The number of fused-ring (bicyclic) bond motifs is 4. The number of unbranched alkanes of at least 4 members (excludes halogenated alkanes) is 2. The summed E-state index contributed by atoms with van der Waals surface area (Å²) in [6, 6.07) is 13.3. The standard InChI is InChI=1S/C32H32N2O7.C7H14O2/c1-17-21-13-25(40-29(37)19-8-6-18(15-33)7-9-19)32(3)28(31(21,2)11-10-22(17)35)27(36)26-24(41-32)14-23(39-30(26)38)20-5-4-12-34-16-20;1-3-4-5-6-7(8)9-2/h4-9,12,14,16-17,21-22,25,27-28,35-36H,10-11,13H2,1-3H3;3-6H2,1-2H3. The van der Waals surface area contributed by atoms with Gasteiger partial charge in [0.15, 0.2) is 0 Å². The normalized spacial score (nSPS) is 29.3. The summed E-state index contributed by atoms with van der Waals surface area (Å²) in [6.45, 7) is 7.99. The molecule has 11 heteroatoms. The van der Waals surface area contributed by atoms with E-state index in [1.807, 2.05) is 19.9 Å². The van der Waals surface area contributed by atoms with E-state index < -0.39 is 46.8 Å². The average Bonchev–Trinajstić information content (AvgIpc) is 3.11. The summed E-state index contributed by atoms with van der Waals surface area (Å²) in [4.78, 5) is 41.3. The molecule has 2 aromatic heterocycles. The van der Waals surface area contributed by atoms with E-state index in [0.717, 1.165) is 19.3 Å². The second-order valence-corrected chi connectivity index (χ2v) is 14.1. The maximum Gasteiger partial charge on any atom is 0.345 e. The quantitative estimate of drug-likeness (QED) is 0.216. The number of benzene rings is 1. The van der Waals surface area contributed by atoms with Crippen molar-refractivity contribution < 1.29 is 38.4 Å². The highest BCUT2D eigenvalue weighted by atomic mass is 16.6. The monoisotopic (exact) mass is 686 g/mol. The summed E-state index contributed by atoms with van der Waals surface area (Å²) in [6.07, 6.45) is 5.94. The van der Waals surface area contributed by atoms with Crippen LogP contribution in [0.2, 0.25) is 0 Å². The summed E-state index contributed by atoms with van der Waals surface area (Å²) in [5.41, 5.74) is -1.11. The first-order chi connectivity index (χ1) is 23.9. The number of methoxy groups -OCH3 is 1. The van der Waals surface area contributed by atoms with Gasteiger partial charge in [-0.15, -0.1) is 0 Å². The molecular formula is C39H46N2O9. The van der Waals surface area contributed by atoms with Gasteiger partial charge in [0, 0.05) is 36.4 Å². The second-order valence-electron chi connectivity index (χ2n) is 14.1. The van der Waals surface area contributed by atoms with E-state index in [2.05, 4.69) is 23.6 Å². The van der Waals surface area contributed by atoms with Crippen molar-refractivity contribution in [1.29, 1.82) is 5.26 Å². The van der Waals surface area contributed by atoms with Gasteiger partial charge in [0.2, 0.25) is 0 Å². The number of nitriles is 1. The zero-order valence-electron chi connectivity index (χ0n) is 29.3. The summed E-state index contributed by atoms with van der Waals surface area (Å²) in [7, 11) is 1.42. The van der Waals surface area contributed by atoms with E-state index in [1.54, 1.807) is 42.7 Å². The molecule has 0 bridgehead atoms. The van der Waals surface area contributed by atoms with Crippen LogP contribution < -0.4 is 10.4 Å². The lowest BCUT2D eigenvalue weighted by Crippen LogP contribution is -2.69. The minimum atomic E-state index is -1.26. The molecule has 1 aliphatic heterocycles. The molecule has 3 aliphatic rings. The Morgan fingerprint density at radius 2 is 1.88 bits per heavy atom. The van der Waals surface area contributed by atoms with Gasteiger partial charge in [0.05, 0.1) is 36.5 Å². The minimum Gasteiger partial charge on any atom is -0.482 e. The molecule has 1 aromatic carbocycles. The van der Waals surface area contributed by atoms with E-state index in [0.29, 0.717) is 36.8 Å². The first kappa shape index (κ1) is 36.7. The maximum atomic E-state index is 13.4. The molecule has 0 amide bonds. The van der Waals surface area contributed by atoms with Gasteiger partial charge in [-0.3, -0.25) is 9.78 Å². The molecule has 11 nitrogen and oxygen atoms in total. The van der Waals surface area contributed by atoms with Gasteiger partial charge in [-0.25, -0.2) is 9.59 Å². The van der Waals surface area contributed by atoms with Gasteiger partial charge in [0.25, 0.3) is 0 Å². The number of ether oxygens (including phenoxy) is 3. The van der Waals surface area contributed by atoms with Crippen LogP contribution in [-0.4, -0.2) is 52.1 Å². The van der Waals surface area contributed by atoms with Crippen molar-refractivity contribution in [2.45, 2.75) is 96.6 Å². The largest absolute Gasteiger partial charge is 0.482 e. The number of hydrogen-bond donors (Lipinski definition) is 2. The Hall–Kier alpha value is -4.53. The number of hydrogen-bond acceptors (Lipinski definition) is 11. The molecule has 2 fully saturated rings. The SMILES string of the molecule is CC1C(O)CCC2(C)C1CC(OC(=O)c1ccc(C#N)cc1)C1(C)Oc3cc(-c4cccnc4)oc(=O)c3C(O)C21.CCCCCC(=O)OC. The molecular weight excluding hydrogens is 640 g/mol. The smallest absolute Gasteiger partial charge is 0.345 e. The average molecular weight is 687 g/mol. The van der Waals surface area contributed by atoms with Crippen LogP contribution in [0.5, 0.6) is 5.75 Å². The van der Waals surface area contributed by atoms with E-state index in [-0.39, 0.29) is 40.4 Å². The maximum absolute atomic E-state index is 13.4. The number of esters is 2. The zero-order valence-corrected chi connectivity index (χ0v) is 29.3. The number of carbonyl (C=O) groups excluding carboxylic acids is 2. The molecule has 3 aromatic rings. The van der Waals surface area contributed by atoms with Crippen molar-refractivity contribution >= 4 is 11.9 Å². The van der Waals surface area contributed by atoms with Crippen LogP contribution in [0.4, 0.5) is 0 Å². The Labute approximate surface area is 292 Å². The van der Waals surface area contributed by atoms with E-state index in [9.17, 15) is 24.6 Å². The van der Waals surface area contributed by atoms with Crippen LogP contribution in [0.15, 0.2) is 64.1 Å². The topological polar surface area (TPSA) is 169 Å². The molecule has 0 spiro atoms. The summed E-state index contributed by atoms with van der Waals surface area (Å²) in [5.74, 6) is -1.14. The Morgan fingerprint density at radius 1 is 1.14 bits per heavy atom. The van der Waals surface area contributed by atoms with Crippen LogP contribution in [0, 0.1) is 34.5 Å². The van der Waals surface area contributed by atoms with Crippen LogP contribution in [-0.2, 0) is 14.3 Å². The fraction of sp³-hybridized carbons (Fsp3) is 0.513. The van der Waals surface area contributed by atoms with Crippen LogP contribution in [0.1, 0.15) is 100 Å². The molecule has 2 N–H and O–H groups in total. The Morgan fingerprint density at radius 3 is 2.52 bits per heavy atom. The van der Waals surface area contributed by atoms with Gasteiger partial charge in [-0.2, -0.15) is 5.26 Å². The summed E-state index contributed by atoms with van der Waals surface area (Å²) < 4.78 is 22.9. The Balaban J connectivity index is 0.000000478. The number of aromatic nitrogens is 1. The number of aliphatic hydroxyl groups excluding tert-OH is 2. The van der Waals surface area contributed by atoms with E-state index in [4.69, 9.17) is 19.2 Å². The first-order valence-corrected chi connectivity index (χ1v) is 17.3. The summed E-state index contributed by atoms with van der Waals surface area (Å²) in [5, 5.41) is 31.9. The van der Waals surface area contributed by atoms with E-state index in [1.165, 1.54) is 19.2 Å². The second kappa shape index (κ2) is 15.2. The predicted molar refractivity (Wildman–Crippen MR) is 183 cm³/mol. The van der Waals surface area contributed by atoms with Crippen molar-refractivity contribution in [2.24, 2.45) is 23.2 Å². The predicted octanol–water partition coefficient (Wildman–Crippen LogP) is 6.16. The van der Waals surface area contributed by atoms with E-state index >= 15 is 0 Å². The lowest BCUT2D eigenvalue weighted by molar-refractivity contribution is -0.241. The number of aliphatic hydroxyl groups is 2. The molecule has 50 heavy (non-hydrogen) atoms. The zero-order chi connectivity index (χ0) is 36.2. The number of carbonyl (C=O) groups is 2. The third-order valence-corrected chi connectivity index (χ3v) is 11.1. The van der Waals surface area contributed by atoms with Crippen LogP contribution in [0.3, 0.4) is 0 Å². The first-order valence-electron chi connectivity index (χ1n) is 17.3. The van der Waals surface area contributed by atoms with Crippen molar-refractivity contribution in [1.82, 2.24) is 4.98 Å². The molecule has 3 heterocycles. The van der Waals surface area contributed by atoms with Crippen LogP contribution in [0.25, 0.3) is 11.3 Å². The van der Waals surface area contributed by atoms with Crippen molar-refractivity contribution in [3.63, 3.8) is 0 Å². The van der Waals surface area contributed by atoms with Gasteiger partial charge >= 0.3 is 17.6 Å². The number of rotatable bonds is 7. The number of nitrogens with zero attached hydrogens (tertiary/aromatic N) is 2. The molecule has 0 saturated heterocycles. The molecule has 266 valence electrons. The van der Waals surface area contributed by atoms with Gasteiger partial charge < -0.3 is 28.8 Å². The molecule has 8 atom stereocenters. The lowest BCUT2D eigenvalue weighted by Gasteiger charge is -2.63. The highest BCUT2D eigenvalue weighted by molar-refractivity contribution is 5.89. The van der Waals surface area contributed by atoms with Crippen molar-refractivity contribution in [2.75, 3.05) is 7.11 Å². The molecule has 8 unspecified atom stereocenters. The van der Waals surface area contributed by atoms with Gasteiger partial charge in [-0.05, 0) is 86.3 Å². The third-order valence-electron chi connectivity index (χ3n) is 11.1. The molecule has 0 radical (unpaired) electrons. The highest BCUT2D eigenvalue weighted by Gasteiger charge is 2.67. The van der Waals surface area contributed by atoms with Crippen molar-refractivity contribution in [3.05, 3.63) is 82.0 Å². The fourth-order valence-corrected chi connectivity index (χ4v) is 8.32. The molecule has 2 saturated carbocycles. The van der Waals surface area contributed by atoms with Gasteiger partial charge in [-0.1, -0.05) is 33.6 Å². The minimum absolute atomic E-state index is 0.0398. The fourth-order valence-electron chi connectivity index (χ4n) is 8.32. The Bertz CT molecular complexity index is 1770.